The molecule has 0 heterocycles. The van der Waals surface area contributed by atoms with Crippen LogP contribution in [-0.4, -0.2) is 41.3 Å². The molecule has 0 fully saturated rings. The van der Waals surface area contributed by atoms with Crippen LogP contribution >= 0.6 is 0 Å². The summed E-state index contributed by atoms with van der Waals surface area (Å²) in [5.74, 6) is 0.359. The summed E-state index contributed by atoms with van der Waals surface area (Å²) in [5, 5.41) is 19.9. The largest absolute Gasteiger partial charge is 0.507 e. The Morgan fingerprint density at radius 1 is 1.05 bits per heavy atom. The zero-order valence-electron chi connectivity index (χ0n) is 13.2. The molecule has 2 N–H and O–H groups in total. The Bertz CT molecular complexity index is 515. The number of aliphatic imine (C=N–C) groups is 1. The maximum atomic E-state index is 9.99. The van der Waals surface area contributed by atoms with Crippen molar-refractivity contribution < 1.29 is 14.8 Å². The molecule has 0 amide bonds. The first-order chi connectivity index (χ1) is 9.37. The molecule has 0 atom stereocenters. The Kier molecular flexibility index (Phi) is 7.97. The van der Waals surface area contributed by atoms with Crippen LogP contribution in [0.15, 0.2) is 51.6 Å². The normalized spacial score (nSPS) is 14.9. The number of nitrogens with zero attached hydrogens (tertiary/aromatic N) is 2. The van der Waals surface area contributed by atoms with Gasteiger partial charge in [0.25, 0.3) is 0 Å². The van der Waals surface area contributed by atoms with E-state index in [1.165, 1.54) is 0 Å². The SMILES string of the molecule is C/C=C(/C=[N+](C)\C=C(O)\C(C=NC)=C/C)C(O)=C(C)C. The fourth-order valence-corrected chi connectivity index (χ4v) is 1.51. The molecule has 20 heavy (non-hydrogen) atoms. The van der Waals surface area contributed by atoms with Crippen molar-refractivity contribution in [2.24, 2.45) is 4.99 Å². The molecule has 0 aliphatic heterocycles. The second-order valence-corrected chi connectivity index (χ2v) is 4.53. The first-order valence-corrected chi connectivity index (χ1v) is 6.46. The highest BCUT2D eigenvalue weighted by Crippen LogP contribution is 2.10. The van der Waals surface area contributed by atoms with Crippen molar-refractivity contribution in [3.05, 3.63) is 46.6 Å². The maximum absolute atomic E-state index is 9.99. The Labute approximate surface area is 121 Å². The molecule has 0 aromatic heterocycles. The lowest BCUT2D eigenvalue weighted by atomic mass is 10.1. The van der Waals surface area contributed by atoms with Gasteiger partial charge in [0.1, 0.15) is 12.8 Å². The van der Waals surface area contributed by atoms with Gasteiger partial charge in [-0.3, -0.25) is 4.99 Å². The Balaban J connectivity index is 5.42. The predicted octanol–water partition coefficient (Wildman–Crippen LogP) is 3.54. The molecule has 0 saturated heterocycles. The van der Waals surface area contributed by atoms with E-state index in [1.807, 2.05) is 33.8 Å². The highest BCUT2D eigenvalue weighted by atomic mass is 16.3. The number of hydrogen-bond donors (Lipinski definition) is 2. The molecule has 0 rings (SSSR count). The van der Waals surface area contributed by atoms with Crippen molar-refractivity contribution in [1.82, 2.24) is 0 Å². The third kappa shape index (κ3) is 5.69. The van der Waals surface area contributed by atoms with Crippen LogP contribution in [-0.2, 0) is 0 Å². The third-order valence-electron chi connectivity index (χ3n) is 2.60. The Hall–Kier alpha value is -2.10. The topological polar surface area (TPSA) is 55.8 Å². The molecule has 0 aliphatic carbocycles. The van der Waals surface area contributed by atoms with Crippen LogP contribution in [0, 0.1) is 0 Å². The smallest absolute Gasteiger partial charge is 0.211 e. The van der Waals surface area contributed by atoms with Crippen molar-refractivity contribution >= 4 is 12.4 Å². The lowest BCUT2D eigenvalue weighted by Crippen LogP contribution is -2.05. The lowest BCUT2D eigenvalue weighted by molar-refractivity contribution is -0.418. The van der Waals surface area contributed by atoms with Gasteiger partial charge >= 0.3 is 0 Å². The highest BCUT2D eigenvalue weighted by molar-refractivity contribution is 5.83. The van der Waals surface area contributed by atoms with Gasteiger partial charge in [-0.15, -0.1) is 0 Å². The lowest BCUT2D eigenvalue weighted by Gasteiger charge is -2.01. The fourth-order valence-electron chi connectivity index (χ4n) is 1.51. The van der Waals surface area contributed by atoms with Gasteiger partial charge in [0, 0.05) is 18.8 Å². The standard InChI is InChI=1S/C16H24N2O2/c1-7-13(9-17-5)15(19)11-18(6)10-14(8-2)16(20)12(3)4/h7-11H,1-6H3,(H-,19,20)/p+1/b13-7-,14-8-,15-11-,17-9?,18-10-. The molecule has 0 aliphatic rings. The van der Waals surface area contributed by atoms with E-state index < -0.39 is 0 Å². The Morgan fingerprint density at radius 2 is 1.60 bits per heavy atom. The van der Waals surface area contributed by atoms with Gasteiger partial charge in [-0.2, -0.15) is 0 Å². The van der Waals surface area contributed by atoms with Crippen LogP contribution in [0.4, 0.5) is 0 Å². The van der Waals surface area contributed by atoms with E-state index in [0.29, 0.717) is 11.1 Å². The first-order valence-electron chi connectivity index (χ1n) is 6.46. The molecule has 0 saturated carbocycles. The van der Waals surface area contributed by atoms with Crippen LogP contribution < -0.4 is 0 Å². The van der Waals surface area contributed by atoms with Crippen LogP contribution in [0.5, 0.6) is 0 Å². The zero-order chi connectivity index (χ0) is 15.7. The van der Waals surface area contributed by atoms with Gasteiger partial charge in [0.2, 0.25) is 6.20 Å². The third-order valence-corrected chi connectivity index (χ3v) is 2.60. The van der Waals surface area contributed by atoms with E-state index >= 15 is 0 Å². The van der Waals surface area contributed by atoms with E-state index in [1.54, 1.807) is 43.4 Å². The number of aliphatic hydroxyl groups is 2. The van der Waals surface area contributed by atoms with Gasteiger partial charge < -0.3 is 10.2 Å². The summed E-state index contributed by atoms with van der Waals surface area (Å²) in [6.45, 7) is 7.37. The van der Waals surface area contributed by atoms with Crippen LogP contribution in [0.25, 0.3) is 0 Å². The molecule has 0 unspecified atom stereocenters. The second-order valence-electron chi connectivity index (χ2n) is 4.53. The van der Waals surface area contributed by atoms with Crippen molar-refractivity contribution in [2.45, 2.75) is 27.7 Å². The van der Waals surface area contributed by atoms with Crippen molar-refractivity contribution in [3.8, 4) is 0 Å². The van der Waals surface area contributed by atoms with Crippen molar-refractivity contribution in [1.29, 1.82) is 0 Å². The van der Waals surface area contributed by atoms with Gasteiger partial charge in [-0.25, -0.2) is 4.58 Å². The van der Waals surface area contributed by atoms with E-state index in [9.17, 15) is 10.2 Å². The van der Waals surface area contributed by atoms with Crippen molar-refractivity contribution in [2.75, 3.05) is 14.1 Å². The van der Waals surface area contributed by atoms with E-state index in [4.69, 9.17) is 0 Å². The molecule has 0 spiro atoms. The summed E-state index contributed by atoms with van der Waals surface area (Å²) in [6.07, 6.45) is 8.49. The van der Waals surface area contributed by atoms with Gasteiger partial charge in [0.05, 0.1) is 5.57 Å². The summed E-state index contributed by atoms with van der Waals surface area (Å²) >= 11 is 0. The van der Waals surface area contributed by atoms with Gasteiger partial charge in [0.15, 0.2) is 12.0 Å². The number of hydrogen-bond acceptors (Lipinski definition) is 3. The number of aliphatic hydroxyl groups excluding tert-OH is 2. The molecule has 4 heteroatoms. The average Bonchev–Trinajstić information content (AvgIpc) is 2.40. The van der Waals surface area contributed by atoms with E-state index in [-0.39, 0.29) is 11.5 Å². The molecule has 0 aromatic carbocycles. The monoisotopic (exact) mass is 277 g/mol. The van der Waals surface area contributed by atoms with Crippen LogP contribution in [0.1, 0.15) is 27.7 Å². The summed E-state index contributed by atoms with van der Waals surface area (Å²) in [6, 6.07) is 0. The Morgan fingerprint density at radius 3 is 2.00 bits per heavy atom. The van der Waals surface area contributed by atoms with Crippen molar-refractivity contribution in [3.63, 3.8) is 0 Å². The highest BCUT2D eigenvalue weighted by Gasteiger charge is 2.08. The molecule has 4 nitrogen and oxygen atoms in total. The van der Waals surface area contributed by atoms with Gasteiger partial charge in [-0.05, 0) is 33.3 Å². The number of rotatable bonds is 5. The molecule has 0 bridgehead atoms. The van der Waals surface area contributed by atoms with Crippen LogP contribution in [0.3, 0.4) is 0 Å². The predicted molar refractivity (Wildman–Crippen MR) is 85.9 cm³/mol. The molecular formula is C16H25N2O2+. The maximum Gasteiger partial charge on any atom is 0.211 e. The minimum atomic E-state index is 0.115. The first kappa shape index (κ1) is 17.9. The molecule has 110 valence electrons. The summed E-state index contributed by atoms with van der Waals surface area (Å²) in [7, 11) is 3.44. The second kappa shape index (κ2) is 8.91. The van der Waals surface area contributed by atoms with Crippen LogP contribution in [0.2, 0.25) is 0 Å². The minimum Gasteiger partial charge on any atom is -0.507 e. The molecular weight excluding hydrogens is 252 g/mol. The van der Waals surface area contributed by atoms with E-state index in [2.05, 4.69) is 4.99 Å². The average molecular weight is 277 g/mol. The quantitative estimate of drug-likeness (QED) is 0.349. The fraction of sp³-hybridized carbons (Fsp3) is 0.375. The van der Waals surface area contributed by atoms with E-state index in [0.717, 1.165) is 5.57 Å². The number of allylic oxidation sites excluding steroid dienone is 5. The minimum absolute atomic E-state index is 0.115. The summed E-state index contributed by atoms with van der Waals surface area (Å²) in [5.41, 5.74) is 2.17. The molecule has 0 radical (unpaired) electrons. The molecule has 0 aromatic rings. The summed E-state index contributed by atoms with van der Waals surface area (Å²) in [4.78, 5) is 3.88. The summed E-state index contributed by atoms with van der Waals surface area (Å²) < 4.78 is 1.69. The van der Waals surface area contributed by atoms with Gasteiger partial charge in [-0.1, -0.05) is 12.2 Å². The zero-order valence-corrected chi connectivity index (χ0v) is 13.2.